The van der Waals surface area contributed by atoms with E-state index >= 15 is 0 Å². The molecule has 2 aromatic rings. The maximum absolute atomic E-state index is 13.1. The number of ether oxygens (including phenoxy) is 1. The van der Waals surface area contributed by atoms with Gasteiger partial charge >= 0.3 is 6.18 Å². The fourth-order valence-electron chi connectivity index (χ4n) is 2.63. The number of amidine groups is 1. The molecule has 138 valence electrons. The Morgan fingerprint density at radius 2 is 2.08 bits per heavy atom. The Labute approximate surface area is 157 Å². The number of pyridine rings is 1. The quantitative estimate of drug-likeness (QED) is 0.823. The van der Waals surface area contributed by atoms with Crippen molar-refractivity contribution in [2.75, 3.05) is 0 Å². The fourth-order valence-corrected chi connectivity index (χ4v) is 3.67. The summed E-state index contributed by atoms with van der Waals surface area (Å²) in [5.41, 5.74) is 6.22. The molecule has 0 bridgehead atoms. The SMILES string of the molecule is C[C@@]1(c2cc(-c3cncc(C#N)c3)cs2)C[C@@H](C(F)(F)F)OC(N)=N1.Cl. The van der Waals surface area contributed by atoms with E-state index in [-0.39, 0.29) is 18.8 Å². The third kappa shape index (κ3) is 3.92. The van der Waals surface area contributed by atoms with Crippen molar-refractivity contribution < 1.29 is 17.9 Å². The molecule has 0 aliphatic carbocycles. The van der Waals surface area contributed by atoms with Gasteiger partial charge < -0.3 is 10.5 Å². The standard InChI is InChI=1S/C16H13F3N4OS.ClH/c1-15(4-12(16(17,18)19)24-14(21)23-15)13-3-11(8-25-13)10-2-9(5-20)6-22-7-10;/h2-3,6-8,12H,4H2,1H3,(H2,21,23);1H/t12-,15-;/m0./s1. The van der Waals surface area contributed by atoms with E-state index in [0.29, 0.717) is 16.0 Å². The average Bonchev–Trinajstić information content (AvgIpc) is 3.04. The van der Waals surface area contributed by atoms with Gasteiger partial charge in [0.2, 0.25) is 0 Å². The second-order valence-electron chi connectivity index (χ2n) is 5.85. The van der Waals surface area contributed by atoms with Gasteiger partial charge in [-0.1, -0.05) is 0 Å². The Kier molecular flexibility index (Phi) is 5.49. The van der Waals surface area contributed by atoms with Crippen molar-refractivity contribution in [1.82, 2.24) is 4.98 Å². The number of halogens is 4. The minimum absolute atomic E-state index is 0. The highest BCUT2D eigenvalue weighted by atomic mass is 35.5. The van der Waals surface area contributed by atoms with Crippen LogP contribution in [-0.4, -0.2) is 23.3 Å². The largest absolute Gasteiger partial charge is 0.452 e. The van der Waals surface area contributed by atoms with Crippen molar-refractivity contribution in [3.05, 3.63) is 40.3 Å². The fraction of sp³-hybridized carbons (Fsp3) is 0.312. The third-order valence-corrected chi connectivity index (χ3v) is 5.08. The molecule has 0 amide bonds. The van der Waals surface area contributed by atoms with Crippen LogP contribution in [0.25, 0.3) is 11.1 Å². The molecule has 2 atom stereocenters. The molecule has 3 heterocycles. The highest BCUT2D eigenvalue weighted by Gasteiger charge is 2.49. The van der Waals surface area contributed by atoms with Crippen LogP contribution < -0.4 is 5.73 Å². The van der Waals surface area contributed by atoms with Gasteiger partial charge in [0.1, 0.15) is 11.6 Å². The molecule has 0 aromatic carbocycles. The monoisotopic (exact) mass is 402 g/mol. The maximum Gasteiger partial charge on any atom is 0.425 e. The second kappa shape index (κ2) is 7.13. The summed E-state index contributed by atoms with van der Waals surface area (Å²) in [6.45, 7) is 1.60. The molecule has 0 radical (unpaired) electrons. The zero-order valence-electron chi connectivity index (χ0n) is 13.4. The van der Waals surface area contributed by atoms with Crippen LogP contribution >= 0.6 is 23.7 Å². The first kappa shape index (κ1) is 20.0. The van der Waals surface area contributed by atoms with Crippen LogP contribution in [0, 0.1) is 11.3 Å². The summed E-state index contributed by atoms with van der Waals surface area (Å²) >= 11 is 1.28. The van der Waals surface area contributed by atoms with Crippen LogP contribution in [0.4, 0.5) is 13.2 Å². The van der Waals surface area contributed by atoms with Crippen molar-refractivity contribution in [3.63, 3.8) is 0 Å². The van der Waals surface area contributed by atoms with Crippen molar-refractivity contribution in [3.8, 4) is 17.2 Å². The number of alkyl halides is 3. The molecule has 1 aliphatic rings. The molecule has 2 N–H and O–H groups in total. The van der Waals surface area contributed by atoms with Crippen LogP contribution in [0.1, 0.15) is 23.8 Å². The molecule has 2 aromatic heterocycles. The first-order valence-corrected chi connectivity index (χ1v) is 8.12. The predicted octanol–water partition coefficient (Wildman–Crippen LogP) is 3.98. The lowest BCUT2D eigenvalue weighted by atomic mass is 9.91. The Morgan fingerprint density at radius 3 is 2.73 bits per heavy atom. The highest BCUT2D eigenvalue weighted by molar-refractivity contribution is 7.10. The first-order valence-electron chi connectivity index (χ1n) is 7.24. The smallest absolute Gasteiger partial charge is 0.425 e. The number of aromatic nitrogens is 1. The van der Waals surface area contributed by atoms with Gasteiger partial charge in [0, 0.05) is 29.3 Å². The number of nitriles is 1. The molecule has 0 unspecified atom stereocenters. The summed E-state index contributed by atoms with van der Waals surface area (Å²) in [6, 6.07) is 4.95. The minimum atomic E-state index is -4.52. The lowest BCUT2D eigenvalue weighted by molar-refractivity contribution is -0.208. The number of hydrogen-bond acceptors (Lipinski definition) is 6. The first-order chi connectivity index (χ1) is 11.7. The molecule has 26 heavy (non-hydrogen) atoms. The van der Waals surface area contributed by atoms with Gasteiger partial charge in [-0.2, -0.15) is 18.4 Å². The van der Waals surface area contributed by atoms with Crippen LogP contribution in [0.5, 0.6) is 0 Å². The summed E-state index contributed by atoms with van der Waals surface area (Å²) in [5, 5.41) is 10.7. The Morgan fingerprint density at radius 1 is 1.35 bits per heavy atom. The molecule has 1 aliphatic heterocycles. The van der Waals surface area contributed by atoms with Gasteiger partial charge in [-0.15, -0.1) is 23.7 Å². The topological polar surface area (TPSA) is 84.3 Å². The summed E-state index contributed by atoms with van der Waals surface area (Å²) in [5.74, 6) is 0. The number of rotatable bonds is 2. The second-order valence-corrected chi connectivity index (χ2v) is 6.76. The average molecular weight is 403 g/mol. The van der Waals surface area contributed by atoms with Gasteiger partial charge in [-0.25, -0.2) is 4.99 Å². The maximum atomic E-state index is 13.1. The number of nitrogens with two attached hydrogens (primary N) is 1. The molecular weight excluding hydrogens is 389 g/mol. The number of hydrogen-bond donors (Lipinski definition) is 1. The Bertz CT molecular complexity index is 877. The van der Waals surface area contributed by atoms with Crippen LogP contribution in [-0.2, 0) is 10.3 Å². The zero-order valence-corrected chi connectivity index (χ0v) is 15.1. The van der Waals surface area contributed by atoms with Crippen molar-refractivity contribution in [1.29, 1.82) is 5.26 Å². The van der Waals surface area contributed by atoms with E-state index in [0.717, 1.165) is 5.56 Å². The van der Waals surface area contributed by atoms with E-state index in [1.54, 1.807) is 30.6 Å². The molecular formula is C16H14ClF3N4OS. The summed E-state index contributed by atoms with van der Waals surface area (Å²) in [7, 11) is 0. The number of nitrogens with zero attached hydrogens (tertiary/aromatic N) is 3. The van der Waals surface area contributed by atoms with Gasteiger partial charge in [-0.05, 0) is 30.0 Å². The summed E-state index contributed by atoms with van der Waals surface area (Å²) in [4.78, 5) is 8.73. The molecule has 0 spiro atoms. The molecule has 0 saturated carbocycles. The molecule has 3 rings (SSSR count). The van der Waals surface area contributed by atoms with Gasteiger partial charge in [0.25, 0.3) is 6.02 Å². The van der Waals surface area contributed by atoms with Crippen molar-refractivity contribution in [2.45, 2.75) is 31.2 Å². The number of thiophene rings is 1. The van der Waals surface area contributed by atoms with Crippen LogP contribution in [0.3, 0.4) is 0 Å². The molecule has 0 saturated heterocycles. The Hall–Kier alpha value is -2.31. The minimum Gasteiger partial charge on any atom is -0.452 e. The van der Waals surface area contributed by atoms with Gasteiger partial charge in [0.05, 0.1) is 5.56 Å². The summed E-state index contributed by atoms with van der Waals surface area (Å²) in [6.07, 6.45) is -3.84. The van der Waals surface area contributed by atoms with Crippen LogP contribution in [0.2, 0.25) is 0 Å². The van der Waals surface area contributed by atoms with Crippen molar-refractivity contribution in [2.24, 2.45) is 10.7 Å². The van der Waals surface area contributed by atoms with E-state index < -0.39 is 23.8 Å². The van der Waals surface area contributed by atoms with E-state index in [2.05, 4.69) is 14.7 Å². The van der Waals surface area contributed by atoms with E-state index in [1.165, 1.54) is 17.5 Å². The van der Waals surface area contributed by atoms with E-state index in [4.69, 9.17) is 11.0 Å². The normalized spacial score (nSPS) is 22.6. The molecule has 0 fully saturated rings. The predicted molar refractivity (Wildman–Crippen MR) is 94.0 cm³/mol. The molecule has 10 heteroatoms. The lowest BCUT2D eigenvalue weighted by Gasteiger charge is -2.34. The number of aliphatic imine (C=N–C) groups is 1. The lowest BCUT2D eigenvalue weighted by Crippen LogP contribution is -2.45. The van der Waals surface area contributed by atoms with E-state index in [9.17, 15) is 13.2 Å². The highest BCUT2D eigenvalue weighted by Crippen LogP contribution is 2.43. The molecule has 5 nitrogen and oxygen atoms in total. The third-order valence-electron chi connectivity index (χ3n) is 3.90. The van der Waals surface area contributed by atoms with Crippen LogP contribution in [0.15, 0.2) is 34.9 Å². The Balaban J connectivity index is 0.00000243. The summed E-state index contributed by atoms with van der Waals surface area (Å²) < 4.78 is 43.8. The van der Waals surface area contributed by atoms with Gasteiger partial charge in [0.15, 0.2) is 6.10 Å². The zero-order chi connectivity index (χ0) is 18.2. The van der Waals surface area contributed by atoms with Crippen molar-refractivity contribution >= 4 is 29.8 Å². The van der Waals surface area contributed by atoms with E-state index in [1.807, 2.05) is 6.07 Å². The van der Waals surface area contributed by atoms with Gasteiger partial charge in [-0.3, -0.25) is 4.98 Å².